The molecular weight excluding hydrogens is 398 g/mol. The van der Waals surface area contributed by atoms with Gasteiger partial charge in [-0.2, -0.15) is 0 Å². The largest absolute Gasteiger partial charge is 0.493 e. The van der Waals surface area contributed by atoms with Crippen molar-refractivity contribution in [1.29, 1.82) is 0 Å². The van der Waals surface area contributed by atoms with E-state index >= 15 is 0 Å². The van der Waals surface area contributed by atoms with Crippen molar-refractivity contribution in [3.63, 3.8) is 0 Å². The number of carbonyl (C=O) groups is 1. The van der Waals surface area contributed by atoms with Gasteiger partial charge in [0.25, 0.3) is 0 Å². The van der Waals surface area contributed by atoms with E-state index < -0.39 is 0 Å². The molecule has 1 N–H and O–H groups in total. The predicted octanol–water partition coefficient (Wildman–Crippen LogP) is 5.12. The van der Waals surface area contributed by atoms with E-state index in [1.165, 1.54) is 17.4 Å². The monoisotopic (exact) mass is 423 g/mol. The van der Waals surface area contributed by atoms with E-state index in [1.807, 2.05) is 48.5 Å². The molecule has 1 heterocycles. The summed E-state index contributed by atoms with van der Waals surface area (Å²) in [5.41, 5.74) is 1.91. The maximum Gasteiger partial charge on any atom is 0.250 e. The predicted molar refractivity (Wildman–Crippen MR) is 120 cm³/mol. The normalized spacial score (nSPS) is 10.9. The van der Waals surface area contributed by atoms with Gasteiger partial charge in [0.1, 0.15) is 11.6 Å². The van der Waals surface area contributed by atoms with Crippen molar-refractivity contribution in [2.75, 3.05) is 12.4 Å². The summed E-state index contributed by atoms with van der Waals surface area (Å²) < 4.78 is 11.3. The van der Waals surface area contributed by atoms with Crippen LogP contribution in [0.1, 0.15) is 35.9 Å². The lowest BCUT2D eigenvalue weighted by molar-refractivity contribution is -0.111. The number of aromatic nitrogens is 2. The number of anilines is 1. The number of benzene rings is 2. The van der Waals surface area contributed by atoms with Crippen LogP contribution in [0.25, 0.3) is 6.08 Å². The summed E-state index contributed by atoms with van der Waals surface area (Å²) in [5, 5.41) is 12.3. The summed E-state index contributed by atoms with van der Waals surface area (Å²) in [4.78, 5) is 12.2. The number of hydrogen-bond acceptors (Lipinski definition) is 6. The summed E-state index contributed by atoms with van der Waals surface area (Å²) in [7, 11) is 1.59. The average Bonchev–Trinajstić information content (AvgIpc) is 3.22. The van der Waals surface area contributed by atoms with E-state index in [9.17, 15) is 4.79 Å². The Bertz CT molecular complexity index is 986. The van der Waals surface area contributed by atoms with Crippen LogP contribution in [0, 0.1) is 0 Å². The molecule has 7 heteroatoms. The fourth-order valence-electron chi connectivity index (χ4n) is 2.69. The average molecular weight is 424 g/mol. The number of rotatable bonds is 10. The zero-order valence-corrected chi connectivity index (χ0v) is 17.9. The molecule has 0 aliphatic carbocycles. The van der Waals surface area contributed by atoms with Crippen LogP contribution in [-0.2, 0) is 17.8 Å². The molecule has 0 bridgehead atoms. The van der Waals surface area contributed by atoms with Gasteiger partial charge in [-0.05, 0) is 35.8 Å². The van der Waals surface area contributed by atoms with Crippen LogP contribution in [0.15, 0.2) is 54.6 Å². The highest BCUT2D eigenvalue weighted by Crippen LogP contribution is 2.29. The number of hydrogen-bond donors (Lipinski definition) is 1. The van der Waals surface area contributed by atoms with Crippen molar-refractivity contribution in [2.45, 2.75) is 32.8 Å². The molecule has 0 aliphatic heterocycles. The lowest BCUT2D eigenvalue weighted by Crippen LogP contribution is -2.07. The zero-order valence-electron chi connectivity index (χ0n) is 17.1. The van der Waals surface area contributed by atoms with E-state index in [4.69, 9.17) is 9.47 Å². The Balaban J connectivity index is 1.58. The third kappa shape index (κ3) is 6.42. The highest BCUT2D eigenvalue weighted by Gasteiger charge is 2.08. The minimum Gasteiger partial charge on any atom is -0.493 e. The molecule has 30 heavy (non-hydrogen) atoms. The van der Waals surface area contributed by atoms with E-state index in [2.05, 4.69) is 22.4 Å². The number of aryl methyl sites for hydroxylation is 1. The van der Waals surface area contributed by atoms with Crippen LogP contribution in [0.5, 0.6) is 11.5 Å². The van der Waals surface area contributed by atoms with Gasteiger partial charge in [-0.3, -0.25) is 10.1 Å². The SMILES string of the molecule is CCCCc1nnc(NC(=O)/C=C/c2ccc(OCc3ccccc3)c(OC)c2)s1. The quantitative estimate of drug-likeness (QED) is 0.458. The van der Waals surface area contributed by atoms with Crippen molar-refractivity contribution in [3.05, 3.63) is 70.7 Å². The first-order valence-electron chi connectivity index (χ1n) is 9.84. The van der Waals surface area contributed by atoms with Gasteiger partial charge in [0.05, 0.1) is 7.11 Å². The van der Waals surface area contributed by atoms with Gasteiger partial charge >= 0.3 is 0 Å². The lowest BCUT2D eigenvalue weighted by atomic mass is 10.2. The molecule has 2 aromatic carbocycles. The fraction of sp³-hybridized carbons (Fsp3) is 0.261. The standard InChI is InChI=1S/C23H25N3O3S/c1-3-4-10-22-25-26-23(30-22)24-21(27)14-12-17-11-13-19(20(15-17)28-2)29-16-18-8-6-5-7-9-18/h5-9,11-15H,3-4,10,16H2,1-2H3,(H,24,26,27)/b14-12+. The Morgan fingerprint density at radius 3 is 2.73 bits per heavy atom. The number of methoxy groups -OCH3 is 1. The van der Waals surface area contributed by atoms with Gasteiger partial charge in [0.15, 0.2) is 11.5 Å². The molecule has 0 radical (unpaired) electrons. The van der Waals surface area contributed by atoms with Gasteiger partial charge in [-0.25, -0.2) is 0 Å². The second kappa shape index (κ2) is 11.1. The van der Waals surface area contributed by atoms with Gasteiger partial charge in [-0.1, -0.05) is 61.1 Å². The third-order valence-corrected chi connectivity index (χ3v) is 5.19. The Hall–Kier alpha value is -3.19. The van der Waals surface area contributed by atoms with Crippen LogP contribution >= 0.6 is 11.3 Å². The summed E-state index contributed by atoms with van der Waals surface area (Å²) in [6, 6.07) is 15.5. The number of nitrogens with one attached hydrogen (secondary N) is 1. The molecule has 3 rings (SSSR count). The van der Waals surface area contributed by atoms with E-state index in [0.29, 0.717) is 23.2 Å². The third-order valence-electron chi connectivity index (χ3n) is 4.29. The van der Waals surface area contributed by atoms with Gasteiger partial charge in [0.2, 0.25) is 11.0 Å². The van der Waals surface area contributed by atoms with Crippen molar-refractivity contribution in [3.8, 4) is 11.5 Å². The summed E-state index contributed by atoms with van der Waals surface area (Å²) in [6.45, 7) is 2.59. The number of nitrogens with zero attached hydrogens (tertiary/aromatic N) is 2. The van der Waals surface area contributed by atoms with Gasteiger partial charge < -0.3 is 9.47 Å². The number of carbonyl (C=O) groups excluding carboxylic acids is 1. The number of ether oxygens (including phenoxy) is 2. The first kappa shape index (κ1) is 21.5. The smallest absolute Gasteiger partial charge is 0.250 e. The molecule has 3 aromatic rings. The topological polar surface area (TPSA) is 73.3 Å². The molecule has 0 saturated carbocycles. The molecule has 0 fully saturated rings. The van der Waals surface area contributed by atoms with Crippen LogP contribution < -0.4 is 14.8 Å². The van der Waals surface area contributed by atoms with Gasteiger partial charge in [-0.15, -0.1) is 10.2 Å². The molecule has 0 aliphatic rings. The van der Waals surface area contributed by atoms with E-state index in [1.54, 1.807) is 13.2 Å². The van der Waals surface area contributed by atoms with Crippen molar-refractivity contribution in [1.82, 2.24) is 10.2 Å². The number of unbranched alkanes of at least 4 members (excludes halogenated alkanes) is 1. The summed E-state index contributed by atoms with van der Waals surface area (Å²) in [6.07, 6.45) is 6.24. The Labute approximate surface area is 180 Å². The van der Waals surface area contributed by atoms with Crippen LogP contribution in [0.4, 0.5) is 5.13 Å². The van der Waals surface area contributed by atoms with E-state index in [-0.39, 0.29) is 5.91 Å². The van der Waals surface area contributed by atoms with Crippen LogP contribution in [0.3, 0.4) is 0 Å². The Morgan fingerprint density at radius 2 is 1.97 bits per heavy atom. The maximum atomic E-state index is 12.2. The molecule has 1 amide bonds. The minimum absolute atomic E-state index is 0.253. The van der Waals surface area contributed by atoms with Crippen LogP contribution in [-0.4, -0.2) is 23.2 Å². The zero-order chi connectivity index (χ0) is 21.2. The maximum absolute atomic E-state index is 12.2. The van der Waals surface area contributed by atoms with Crippen molar-refractivity contribution < 1.29 is 14.3 Å². The van der Waals surface area contributed by atoms with Crippen molar-refractivity contribution >= 4 is 28.5 Å². The van der Waals surface area contributed by atoms with E-state index in [0.717, 1.165) is 35.4 Å². The summed E-state index contributed by atoms with van der Waals surface area (Å²) in [5.74, 6) is 1.01. The fourth-order valence-corrected chi connectivity index (χ4v) is 3.48. The summed E-state index contributed by atoms with van der Waals surface area (Å²) >= 11 is 1.41. The molecule has 0 unspecified atom stereocenters. The first-order chi connectivity index (χ1) is 14.7. The minimum atomic E-state index is -0.253. The molecular formula is C23H25N3O3S. The lowest BCUT2D eigenvalue weighted by Gasteiger charge is -2.11. The molecule has 6 nitrogen and oxygen atoms in total. The second-order valence-corrected chi connectivity index (χ2v) is 7.67. The Kier molecular flexibility index (Phi) is 7.97. The molecule has 0 spiro atoms. The van der Waals surface area contributed by atoms with Crippen molar-refractivity contribution in [2.24, 2.45) is 0 Å². The number of amides is 1. The first-order valence-corrected chi connectivity index (χ1v) is 10.7. The highest BCUT2D eigenvalue weighted by atomic mass is 32.1. The highest BCUT2D eigenvalue weighted by molar-refractivity contribution is 7.15. The molecule has 0 atom stereocenters. The second-order valence-electron chi connectivity index (χ2n) is 6.61. The van der Waals surface area contributed by atoms with Crippen LogP contribution in [0.2, 0.25) is 0 Å². The Morgan fingerprint density at radius 1 is 1.13 bits per heavy atom. The van der Waals surface area contributed by atoms with Gasteiger partial charge in [0, 0.05) is 12.5 Å². The molecule has 1 aromatic heterocycles. The molecule has 156 valence electrons. The molecule has 0 saturated heterocycles.